The molecule has 2 aliphatic rings. The van der Waals surface area contributed by atoms with E-state index in [2.05, 4.69) is 10.3 Å². The van der Waals surface area contributed by atoms with Crippen molar-refractivity contribution in [1.29, 1.82) is 0 Å². The first-order chi connectivity index (χ1) is 9.33. The number of nitrogens with zero attached hydrogens (tertiary/aromatic N) is 2. The summed E-state index contributed by atoms with van der Waals surface area (Å²) < 4.78 is 0. The highest BCUT2D eigenvalue weighted by Crippen LogP contribution is 2.22. The fourth-order valence-corrected chi connectivity index (χ4v) is 2.65. The molecular formula is C15H21N3O. The monoisotopic (exact) mass is 259 g/mol. The molecule has 1 amide bonds. The maximum absolute atomic E-state index is 12.4. The Morgan fingerprint density at radius 2 is 2.21 bits per heavy atom. The highest BCUT2D eigenvalue weighted by molar-refractivity contribution is 5.82. The Hall–Kier alpha value is -1.42. The second-order valence-electron chi connectivity index (χ2n) is 5.53. The largest absolute Gasteiger partial charge is 0.341 e. The average molecular weight is 259 g/mol. The van der Waals surface area contributed by atoms with Crippen molar-refractivity contribution in [1.82, 2.24) is 15.2 Å². The number of carbonyl (C=O) groups excluding carboxylic acids is 1. The van der Waals surface area contributed by atoms with Crippen LogP contribution in [0, 0.1) is 0 Å². The summed E-state index contributed by atoms with van der Waals surface area (Å²) in [5.74, 6) is 0.286. The van der Waals surface area contributed by atoms with Crippen molar-refractivity contribution in [3.05, 3.63) is 30.1 Å². The van der Waals surface area contributed by atoms with E-state index >= 15 is 0 Å². The van der Waals surface area contributed by atoms with Crippen molar-refractivity contribution in [2.24, 2.45) is 0 Å². The van der Waals surface area contributed by atoms with Crippen LogP contribution in [0.15, 0.2) is 24.4 Å². The fraction of sp³-hybridized carbons (Fsp3) is 0.600. The molecular weight excluding hydrogens is 238 g/mol. The molecule has 4 heteroatoms. The van der Waals surface area contributed by atoms with Gasteiger partial charge in [0.15, 0.2) is 0 Å². The zero-order valence-corrected chi connectivity index (χ0v) is 11.2. The predicted octanol–water partition coefficient (Wildman–Crippen LogP) is 1.37. The molecule has 2 fully saturated rings. The van der Waals surface area contributed by atoms with Crippen molar-refractivity contribution in [2.45, 2.75) is 44.2 Å². The van der Waals surface area contributed by atoms with Gasteiger partial charge in [-0.25, -0.2) is 0 Å². The van der Waals surface area contributed by atoms with Gasteiger partial charge in [0, 0.05) is 37.4 Å². The van der Waals surface area contributed by atoms with Gasteiger partial charge in [0.25, 0.3) is 0 Å². The summed E-state index contributed by atoms with van der Waals surface area (Å²) in [6.45, 7) is 1.69. The third-order valence-corrected chi connectivity index (χ3v) is 3.91. The summed E-state index contributed by atoms with van der Waals surface area (Å²) in [4.78, 5) is 18.7. The van der Waals surface area contributed by atoms with Gasteiger partial charge < -0.3 is 10.2 Å². The third kappa shape index (κ3) is 3.32. The van der Waals surface area contributed by atoms with E-state index in [1.807, 2.05) is 29.3 Å². The quantitative estimate of drug-likeness (QED) is 0.868. The molecule has 1 N–H and O–H groups in total. The minimum absolute atomic E-state index is 0.0602. The molecule has 0 aromatic carbocycles. The van der Waals surface area contributed by atoms with Gasteiger partial charge in [0.2, 0.25) is 5.91 Å². The van der Waals surface area contributed by atoms with E-state index in [9.17, 15) is 4.79 Å². The van der Waals surface area contributed by atoms with Gasteiger partial charge >= 0.3 is 0 Å². The number of hydrogen-bond donors (Lipinski definition) is 1. The number of piperidine rings is 1. The second kappa shape index (κ2) is 5.70. The Labute approximate surface area is 114 Å². The molecule has 1 atom stereocenters. The molecule has 1 unspecified atom stereocenters. The highest BCUT2D eigenvalue weighted by atomic mass is 16.2. The van der Waals surface area contributed by atoms with Crippen LogP contribution in [-0.4, -0.2) is 41.0 Å². The van der Waals surface area contributed by atoms with E-state index < -0.39 is 0 Å². The van der Waals surface area contributed by atoms with Crippen LogP contribution in [0.5, 0.6) is 0 Å². The first-order valence-corrected chi connectivity index (χ1v) is 7.27. The van der Waals surface area contributed by atoms with E-state index in [-0.39, 0.29) is 11.9 Å². The number of nitrogens with one attached hydrogen (secondary N) is 1. The molecule has 1 aromatic rings. The molecule has 4 nitrogen and oxygen atoms in total. The summed E-state index contributed by atoms with van der Waals surface area (Å²) in [5.41, 5.74) is 1.06. The highest BCUT2D eigenvalue weighted by Gasteiger charge is 2.33. The van der Waals surface area contributed by atoms with Crippen molar-refractivity contribution < 1.29 is 4.79 Å². The maximum Gasteiger partial charge on any atom is 0.239 e. The fourth-order valence-electron chi connectivity index (χ4n) is 2.65. The molecule has 1 aromatic heterocycles. The standard InChI is InChI=1S/C15H21N3O/c19-15-14(17-13-6-7-13)5-3-10-18(15)11-8-12-4-1-2-9-16-12/h1-2,4,9,13-14,17H,3,5-8,10-11H2. The van der Waals surface area contributed by atoms with E-state index in [0.29, 0.717) is 6.04 Å². The summed E-state index contributed by atoms with van der Waals surface area (Å²) in [6.07, 6.45) is 7.23. The van der Waals surface area contributed by atoms with Crippen LogP contribution in [0.1, 0.15) is 31.4 Å². The Kier molecular flexibility index (Phi) is 3.78. The molecule has 0 bridgehead atoms. The molecule has 2 heterocycles. The van der Waals surface area contributed by atoms with E-state index in [4.69, 9.17) is 0 Å². The van der Waals surface area contributed by atoms with Crippen molar-refractivity contribution >= 4 is 5.91 Å². The summed E-state index contributed by atoms with van der Waals surface area (Å²) in [7, 11) is 0. The number of hydrogen-bond acceptors (Lipinski definition) is 3. The van der Waals surface area contributed by atoms with Crippen LogP contribution in [0.4, 0.5) is 0 Å². The Bertz CT molecular complexity index is 430. The molecule has 3 rings (SSSR count). The van der Waals surface area contributed by atoms with Crippen molar-refractivity contribution in [3.63, 3.8) is 0 Å². The van der Waals surface area contributed by atoms with Gasteiger partial charge in [-0.1, -0.05) is 6.07 Å². The van der Waals surface area contributed by atoms with Gasteiger partial charge in [0.1, 0.15) is 0 Å². The number of aromatic nitrogens is 1. The Morgan fingerprint density at radius 3 is 2.95 bits per heavy atom. The number of likely N-dealkylation sites (tertiary alicyclic amines) is 1. The minimum Gasteiger partial charge on any atom is -0.341 e. The first kappa shape index (κ1) is 12.6. The number of pyridine rings is 1. The molecule has 0 radical (unpaired) electrons. The van der Waals surface area contributed by atoms with Crippen LogP contribution < -0.4 is 5.32 Å². The normalized spacial score (nSPS) is 23.7. The van der Waals surface area contributed by atoms with E-state index in [1.54, 1.807) is 0 Å². The van der Waals surface area contributed by atoms with Gasteiger partial charge in [-0.3, -0.25) is 9.78 Å². The number of rotatable bonds is 5. The topological polar surface area (TPSA) is 45.2 Å². The lowest BCUT2D eigenvalue weighted by atomic mass is 10.0. The molecule has 1 aliphatic heterocycles. The number of amides is 1. The Balaban J connectivity index is 1.53. The summed E-state index contributed by atoms with van der Waals surface area (Å²) in [5, 5.41) is 3.46. The van der Waals surface area contributed by atoms with Gasteiger partial charge in [-0.05, 0) is 37.8 Å². The lowest BCUT2D eigenvalue weighted by Gasteiger charge is -2.32. The van der Waals surface area contributed by atoms with Gasteiger partial charge in [-0.15, -0.1) is 0 Å². The second-order valence-corrected chi connectivity index (χ2v) is 5.53. The molecule has 1 saturated heterocycles. The summed E-state index contributed by atoms with van der Waals surface area (Å²) >= 11 is 0. The lowest BCUT2D eigenvalue weighted by Crippen LogP contribution is -2.51. The van der Waals surface area contributed by atoms with Crippen LogP contribution in [0.3, 0.4) is 0 Å². The van der Waals surface area contributed by atoms with Gasteiger partial charge in [0.05, 0.1) is 6.04 Å². The minimum atomic E-state index is 0.0602. The zero-order chi connectivity index (χ0) is 13.1. The van der Waals surface area contributed by atoms with Crippen molar-refractivity contribution in [3.8, 4) is 0 Å². The van der Waals surface area contributed by atoms with E-state index in [0.717, 1.165) is 38.0 Å². The number of carbonyl (C=O) groups is 1. The molecule has 102 valence electrons. The Morgan fingerprint density at radius 1 is 1.32 bits per heavy atom. The maximum atomic E-state index is 12.4. The van der Waals surface area contributed by atoms with Crippen LogP contribution in [0.25, 0.3) is 0 Å². The van der Waals surface area contributed by atoms with E-state index in [1.165, 1.54) is 12.8 Å². The van der Waals surface area contributed by atoms with Gasteiger partial charge in [-0.2, -0.15) is 0 Å². The summed E-state index contributed by atoms with van der Waals surface area (Å²) in [6, 6.07) is 6.60. The SMILES string of the molecule is O=C1C(NC2CC2)CCCN1CCc1ccccn1. The predicted molar refractivity (Wildman–Crippen MR) is 73.7 cm³/mol. The molecule has 19 heavy (non-hydrogen) atoms. The van der Waals surface area contributed by atoms with Crippen LogP contribution in [0.2, 0.25) is 0 Å². The van der Waals surface area contributed by atoms with Crippen LogP contribution >= 0.6 is 0 Å². The molecule has 0 spiro atoms. The third-order valence-electron chi connectivity index (χ3n) is 3.91. The first-order valence-electron chi connectivity index (χ1n) is 7.27. The smallest absolute Gasteiger partial charge is 0.239 e. The van der Waals surface area contributed by atoms with Crippen LogP contribution in [-0.2, 0) is 11.2 Å². The zero-order valence-electron chi connectivity index (χ0n) is 11.2. The molecule has 1 aliphatic carbocycles. The average Bonchev–Trinajstić information content (AvgIpc) is 3.25. The van der Waals surface area contributed by atoms with Crippen molar-refractivity contribution in [2.75, 3.05) is 13.1 Å². The molecule has 1 saturated carbocycles. The lowest BCUT2D eigenvalue weighted by molar-refractivity contribution is -0.136.